The Balaban J connectivity index is 1.03. The second-order valence-electron chi connectivity index (χ2n) is 16.1. The van der Waals surface area contributed by atoms with E-state index in [9.17, 15) is 28.1 Å². The smallest absolute Gasteiger partial charge is 0.293 e. The molecule has 0 saturated carbocycles. The Morgan fingerprint density at radius 2 is 1.55 bits per heavy atom. The number of nitro groups is 1. The van der Waals surface area contributed by atoms with E-state index >= 15 is 0 Å². The molecule has 0 aromatic heterocycles. The summed E-state index contributed by atoms with van der Waals surface area (Å²) in [6.07, 6.45) is 4.37. The molecule has 65 heavy (non-hydrogen) atoms. The van der Waals surface area contributed by atoms with Crippen LogP contribution in [0.15, 0.2) is 131 Å². The Hall–Kier alpha value is -5.49. The van der Waals surface area contributed by atoms with Gasteiger partial charge in [-0.15, -0.1) is 11.8 Å². The lowest BCUT2D eigenvalue weighted by molar-refractivity contribution is -0.384. The first kappa shape index (κ1) is 49.0. The first-order valence-corrected chi connectivity index (χ1v) is 24.6. The van der Waals surface area contributed by atoms with Crippen LogP contribution in [0.5, 0.6) is 0 Å². The summed E-state index contributed by atoms with van der Waals surface area (Å²) < 4.78 is 29.1. The predicted octanol–water partition coefficient (Wildman–Crippen LogP) is 8.71. The van der Waals surface area contributed by atoms with Crippen molar-refractivity contribution in [2.75, 3.05) is 62.3 Å². The molecule has 0 spiro atoms. The van der Waals surface area contributed by atoms with Crippen LogP contribution < -0.4 is 20.4 Å². The number of amides is 2. The largest absolute Gasteiger partial charge is 0.376 e. The number of benzene rings is 5. The standard InChI is InChI=1S/C48H56ClN7O7S2/c1-53(27-10-3-2-7-15-47(57)51-59)28-26-40(35-64-42-12-5-4-6-13-42)50-45-25-24-43(33-46(45)56(60)61)65(62,63)52-48(58)37-18-22-41(23-19-37)55-31-29-54(30-32-55)34-38-11-8-9-14-44(38)36-16-20-39(49)21-17-36/h4-6,8-9,11-14,16-25,33,40,50,59H,2-3,7,10,15,26-32,34-35H2,1H3,(H,51,57)(H,52,58). The van der Waals surface area contributed by atoms with E-state index in [2.05, 4.69) is 42.9 Å². The molecular formula is C48H56ClN7O7S2. The molecule has 17 heteroatoms. The number of carbonyl (C=O) groups excluding carboxylic acids is 2. The van der Waals surface area contributed by atoms with Crippen LogP contribution in [0.4, 0.5) is 17.1 Å². The number of nitrogens with zero attached hydrogens (tertiary/aromatic N) is 4. The fourth-order valence-corrected chi connectivity index (χ4v) is 9.80. The van der Waals surface area contributed by atoms with Gasteiger partial charge in [0.1, 0.15) is 5.69 Å². The highest BCUT2D eigenvalue weighted by Gasteiger charge is 2.26. The van der Waals surface area contributed by atoms with Crippen molar-refractivity contribution >= 4 is 62.3 Å². The molecular weight excluding hydrogens is 886 g/mol. The molecule has 2 amide bonds. The number of hydrogen-bond donors (Lipinski definition) is 4. The molecule has 1 aliphatic heterocycles. The van der Waals surface area contributed by atoms with Crippen LogP contribution in [0.1, 0.15) is 54.4 Å². The van der Waals surface area contributed by atoms with Crippen LogP contribution in [0.2, 0.25) is 5.02 Å². The maximum absolute atomic E-state index is 13.5. The maximum Gasteiger partial charge on any atom is 0.293 e. The van der Waals surface area contributed by atoms with Crippen molar-refractivity contribution in [3.8, 4) is 11.1 Å². The van der Waals surface area contributed by atoms with E-state index in [4.69, 9.17) is 16.8 Å². The molecule has 1 fully saturated rings. The number of hydrogen-bond acceptors (Lipinski definition) is 12. The van der Waals surface area contributed by atoms with Crippen LogP contribution in [0, 0.1) is 10.1 Å². The number of hydroxylamine groups is 1. The number of carbonyl (C=O) groups is 2. The average Bonchev–Trinajstić information content (AvgIpc) is 3.31. The second kappa shape index (κ2) is 24.2. The summed E-state index contributed by atoms with van der Waals surface area (Å²) in [6, 6.07) is 36.2. The number of sulfonamides is 1. The Morgan fingerprint density at radius 3 is 2.26 bits per heavy atom. The van der Waals surface area contributed by atoms with Gasteiger partial charge in [0.15, 0.2) is 0 Å². The number of anilines is 2. The predicted molar refractivity (Wildman–Crippen MR) is 258 cm³/mol. The van der Waals surface area contributed by atoms with Gasteiger partial charge in [-0.3, -0.25) is 29.8 Å². The van der Waals surface area contributed by atoms with Gasteiger partial charge in [-0.1, -0.05) is 79.0 Å². The molecule has 1 atom stereocenters. The van der Waals surface area contributed by atoms with Crippen LogP contribution in [-0.2, 0) is 21.4 Å². The summed E-state index contributed by atoms with van der Waals surface area (Å²) in [5.41, 5.74) is 5.98. The van der Waals surface area contributed by atoms with Crippen LogP contribution in [0.3, 0.4) is 0 Å². The molecule has 344 valence electrons. The molecule has 4 N–H and O–H groups in total. The van der Waals surface area contributed by atoms with Gasteiger partial charge in [0.25, 0.3) is 21.6 Å². The molecule has 0 bridgehead atoms. The fraction of sp³-hybridized carbons (Fsp3) is 0.333. The quantitative estimate of drug-likeness (QED) is 0.0161. The monoisotopic (exact) mass is 941 g/mol. The number of nitrogens with one attached hydrogen (secondary N) is 3. The number of piperazine rings is 1. The van der Waals surface area contributed by atoms with E-state index in [1.165, 1.54) is 23.3 Å². The number of thioether (sulfide) groups is 1. The summed E-state index contributed by atoms with van der Waals surface area (Å²) in [5, 5.41) is 25.1. The summed E-state index contributed by atoms with van der Waals surface area (Å²) >= 11 is 7.74. The molecule has 14 nitrogen and oxygen atoms in total. The molecule has 5 aromatic carbocycles. The van der Waals surface area contributed by atoms with Crippen LogP contribution >= 0.6 is 23.4 Å². The first-order valence-electron chi connectivity index (χ1n) is 21.7. The first-order chi connectivity index (χ1) is 31.4. The molecule has 0 radical (unpaired) electrons. The van der Waals surface area contributed by atoms with E-state index in [1.54, 1.807) is 41.5 Å². The summed E-state index contributed by atoms with van der Waals surface area (Å²) in [7, 11) is -2.46. The Labute approximate surface area is 390 Å². The Morgan fingerprint density at radius 1 is 0.862 bits per heavy atom. The Kier molecular flexibility index (Phi) is 18.2. The van der Waals surface area contributed by atoms with E-state index in [0.717, 1.165) is 80.7 Å². The van der Waals surface area contributed by atoms with E-state index in [1.807, 2.05) is 67.7 Å². The summed E-state index contributed by atoms with van der Waals surface area (Å²) in [4.78, 5) is 43.8. The molecule has 1 unspecified atom stereocenters. The second-order valence-corrected chi connectivity index (χ2v) is 19.3. The highest BCUT2D eigenvalue weighted by molar-refractivity contribution is 7.99. The zero-order valence-corrected chi connectivity index (χ0v) is 38.8. The number of rotatable bonds is 23. The van der Waals surface area contributed by atoms with Gasteiger partial charge < -0.3 is 15.1 Å². The Bertz CT molecular complexity index is 2460. The van der Waals surface area contributed by atoms with Gasteiger partial charge in [0.2, 0.25) is 5.91 Å². The zero-order valence-electron chi connectivity index (χ0n) is 36.4. The third kappa shape index (κ3) is 14.8. The topological polar surface area (TPSA) is 177 Å². The minimum Gasteiger partial charge on any atom is -0.376 e. The molecule has 1 saturated heterocycles. The SMILES string of the molecule is CN(CCCCCCC(=O)NO)CCC(CSc1ccccc1)Nc1ccc(S(=O)(=O)NC(=O)c2ccc(N3CCN(Cc4ccccc4-c4ccc(Cl)cc4)CC3)cc2)cc1[N+](=O)[O-]. The minimum absolute atomic E-state index is 0.137. The van der Waals surface area contributed by atoms with Crippen LogP contribution in [0.25, 0.3) is 11.1 Å². The van der Waals surface area contributed by atoms with Crippen molar-refractivity contribution in [1.82, 2.24) is 20.0 Å². The maximum atomic E-state index is 13.5. The van der Waals surface area contributed by atoms with Crippen molar-refractivity contribution < 1.29 is 28.1 Å². The summed E-state index contributed by atoms with van der Waals surface area (Å²) in [6.45, 7) is 5.54. The van der Waals surface area contributed by atoms with Gasteiger partial charge in [0, 0.05) is 78.2 Å². The number of nitro benzene ring substituents is 1. The molecule has 1 heterocycles. The number of halogens is 1. The highest BCUT2D eigenvalue weighted by Crippen LogP contribution is 2.31. The summed E-state index contributed by atoms with van der Waals surface area (Å²) in [5.74, 6) is -0.642. The fourth-order valence-electron chi connectivity index (χ4n) is 7.68. The molecule has 1 aliphatic rings. The lowest BCUT2D eigenvalue weighted by Gasteiger charge is -2.36. The van der Waals surface area contributed by atoms with Crippen molar-refractivity contribution in [3.63, 3.8) is 0 Å². The highest BCUT2D eigenvalue weighted by atomic mass is 35.5. The normalized spacial score (nSPS) is 13.6. The number of unbranched alkanes of at least 4 members (excludes halogenated alkanes) is 3. The van der Waals surface area contributed by atoms with Gasteiger partial charge in [-0.25, -0.2) is 18.6 Å². The minimum atomic E-state index is -4.48. The van der Waals surface area contributed by atoms with Crippen molar-refractivity contribution in [2.45, 2.75) is 60.9 Å². The lowest BCUT2D eigenvalue weighted by Crippen LogP contribution is -2.46. The van der Waals surface area contributed by atoms with E-state index in [-0.39, 0.29) is 29.6 Å². The lowest BCUT2D eigenvalue weighted by atomic mass is 9.99. The third-order valence-corrected chi connectivity index (χ3v) is 14.1. The average molecular weight is 943 g/mol. The van der Waals surface area contributed by atoms with Gasteiger partial charge >= 0.3 is 0 Å². The van der Waals surface area contributed by atoms with Crippen molar-refractivity contribution in [1.29, 1.82) is 0 Å². The molecule has 5 aromatic rings. The van der Waals surface area contributed by atoms with Gasteiger partial charge in [-0.05, 0) is 117 Å². The van der Waals surface area contributed by atoms with Gasteiger partial charge in [0.05, 0.1) is 9.82 Å². The van der Waals surface area contributed by atoms with Gasteiger partial charge in [-0.2, -0.15) is 0 Å². The molecule has 0 aliphatic carbocycles. The zero-order chi connectivity index (χ0) is 46.2. The van der Waals surface area contributed by atoms with Crippen LogP contribution in [-0.4, -0.2) is 98.3 Å². The van der Waals surface area contributed by atoms with E-state index < -0.39 is 31.4 Å². The van der Waals surface area contributed by atoms with Crippen molar-refractivity contribution in [3.05, 3.63) is 148 Å². The van der Waals surface area contributed by atoms with E-state index in [0.29, 0.717) is 30.2 Å². The molecule has 6 rings (SSSR count). The van der Waals surface area contributed by atoms with Crippen molar-refractivity contribution in [2.24, 2.45) is 0 Å². The third-order valence-electron chi connectivity index (χ3n) is 11.4.